The first-order valence-electron chi connectivity index (χ1n) is 12.9. The Hall–Kier alpha value is -0.580. The van der Waals surface area contributed by atoms with Crippen LogP contribution in [0.3, 0.4) is 0 Å². The van der Waals surface area contributed by atoms with Gasteiger partial charge >= 0.3 is 0 Å². The number of hydrogen-bond donors (Lipinski definition) is 0. The molecule has 0 spiro atoms. The van der Waals surface area contributed by atoms with Crippen LogP contribution in [-0.2, 0) is 28.5 Å². The number of Topliss-reactive ketones (excluding diaryl/α,β-unsaturated/α-hetero) is 1. The summed E-state index contributed by atoms with van der Waals surface area (Å²) in [5.74, 6) is 2.34. The molecule has 1 amide bonds. The molecule has 1 rings (SSSR count). The van der Waals surface area contributed by atoms with Crippen molar-refractivity contribution in [3.63, 3.8) is 0 Å². The van der Waals surface area contributed by atoms with Crippen LogP contribution < -0.4 is 0 Å². The van der Waals surface area contributed by atoms with Crippen molar-refractivity contribution >= 4 is 33.3 Å². The average molecular weight is 534 g/mol. The largest absolute Gasteiger partial charge is 0.383 e. The van der Waals surface area contributed by atoms with E-state index in [-0.39, 0.29) is 18.1 Å². The van der Waals surface area contributed by atoms with Crippen LogP contribution in [0.1, 0.15) is 64.7 Å². The quantitative estimate of drug-likeness (QED) is 0.104. The molecular formula is C26H47NO6S2. The van der Waals surface area contributed by atoms with Gasteiger partial charge in [-0.1, -0.05) is 40.7 Å². The Bertz CT molecular complexity index is 592. The van der Waals surface area contributed by atoms with Crippen LogP contribution in [-0.4, -0.2) is 94.0 Å². The first-order valence-corrected chi connectivity index (χ1v) is 15.4. The Labute approximate surface area is 220 Å². The summed E-state index contributed by atoms with van der Waals surface area (Å²) in [7, 11) is 6.93. The van der Waals surface area contributed by atoms with Crippen molar-refractivity contribution in [1.29, 1.82) is 0 Å². The number of amides is 1. The van der Waals surface area contributed by atoms with E-state index in [0.717, 1.165) is 63.2 Å². The lowest BCUT2D eigenvalue weighted by molar-refractivity contribution is -0.133. The van der Waals surface area contributed by atoms with Crippen LogP contribution in [0, 0.1) is 0 Å². The fourth-order valence-electron chi connectivity index (χ4n) is 3.82. The van der Waals surface area contributed by atoms with Gasteiger partial charge in [0.2, 0.25) is 5.91 Å². The maximum Gasteiger partial charge on any atom is 0.222 e. The number of nitrogens with zero attached hydrogens (tertiary/aromatic N) is 1. The van der Waals surface area contributed by atoms with E-state index in [1.807, 2.05) is 4.90 Å². The lowest BCUT2D eigenvalue weighted by Crippen LogP contribution is -2.38. The number of rotatable bonds is 23. The molecule has 204 valence electrons. The molecule has 0 N–H and O–H groups in total. The van der Waals surface area contributed by atoms with Crippen molar-refractivity contribution in [2.45, 2.75) is 76.9 Å². The topological polar surface area (TPSA) is 74.3 Å². The summed E-state index contributed by atoms with van der Waals surface area (Å²) < 4.78 is 21.8. The molecule has 35 heavy (non-hydrogen) atoms. The molecule has 1 heterocycles. The van der Waals surface area contributed by atoms with Crippen molar-refractivity contribution in [1.82, 2.24) is 4.90 Å². The second-order valence-corrected chi connectivity index (χ2v) is 11.5. The van der Waals surface area contributed by atoms with Gasteiger partial charge in [0.1, 0.15) is 5.78 Å². The third-order valence-corrected chi connectivity index (χ3v) is 8.49. The van der Waals surface area contributed by atoms with Crippen molar-refractivity contribution in [2.24, 2.45) is 0 Å². The highest BCUT2D eigenvalue weighted by atomic mass is 33.1. The molecule has 7 nitrogen and oxygen atoms in total. The minimum atomic E-state index is 0.0884. The number of unbranched alkanes of at least 4 members (excludes halogenated alkanes) is 1. The van der Waals surface area contributed by atoms with E-state index in [1.165, 1.54) is 5.57 Å². The first-order chi connectivity index (χ1) is 17.0. The number of likely N-dealkylation sites (tertiary alicyclic amines) is 1. The van der Waals surface area contributed by atoms with Gasteiger partial charge in [0.25, 0.3) is 0 Å². The maximum absolute atomic E-state index is 12.6. The van der Waals surface area contributed by atoms with E-state index in [9.17, 15) is 9.59 Å². The Morgan fingerprint density at radius 2 is 1.60 bits per heavy atom. The predicted molar refractivity (Wildman–Crippen MR) is 146 cm³/mol. The standard InChI is InChI=1S/C26H47NO6S2/c1-5-22(2)12-13-32-14-15-33-16-18-35-34-17-8-10-24(28)9-6-7-11-26(29)27-20-25(31-4)19-23(27)21-30-3/h23,25H,2,5-21H2,1,3-4H3/t23-,25+/m1/s1. The average Bonchev–Trinajstić information content (AvgIpc) is 3.27. The second-order valence-electron chi connectivity index (χ2n) is 8.82. The van der Waals surface area contributed by atoms with Crippen molar-refractivity contribution in [3.05, 3.63) is 12.2 Å². The lowest BCUT2D eigenvalue weighted by Gasteiger charge is -2.23. The summed E-state index contributed by atoms with van der Waals surface area (Å²) in [5.41, 5.74) is 1.23. The zero-order chi connectivity index (χ0) is 25.7. The number of methoxy groups -OCH3 is 2. The van der Waals surface area contributed by atoms with Crippen LogP contribution in [0.15, 0.2) is 12.2 Å². The molecule has 0 unspecified atom stereocenters. The molecule has 1 fully saturated rings. The predicted octanol–water partition coefficient (Wildman–Crippen LogP) is 4.93. The molecule has 2 atom stereocenters. The summed E-state index contributed by atoms with van der Waals surface area (Å²) in [4.78, 5) is 26.6. The Kier molecular flexibility index (Phi) is 19.9. The lowest BCUT2D eigenvalue weighted by atomic mass is 10.1. The number of carbonyl (C=O) groups is 2. The molecule has 0 radical (unpaired) electrons. The van der Waals surface area contributed by atoms with E-state index >= 15 is 0 Å². The van der Waals surface area contributed by atoms with Crippen LogP contribution in [0.25, 0.3) is 0 Å². The molecule has 0 bridgehead atoms. The Balaban J connectivity index is 1.91. The molecule has 0 aliphatic carbocycles. The van der Waals surface area contributed by atoms with E-state index in [2.05, 4.69) is 13.5 Å². The Morgan fingerprint density at radius 1 is 0.914 bits per heavy atom. The minimum absolute atomic E-state index is 0.0884. The highest BCUT2D eigenvalue weighted by Crippen LogP contribution is 2.23. The Morgan fingerprint density at radius 3 is 2.31 bits per heavy atom. The van der Waals surface area contributed by atoms with Gasteiger partial charge in [0.15, 0.2) is 0 Å². The molecule has 1 saturated heterocycles. The van der Waals surface area contributed by atoms with Crippen LogP contribution in [0.5, 0.6) is 0 Å². The van der Waals surface area contributed by atoms with Gasteiger partial charge in [-0.3, -0.25) is 9.59 Å². The van der Waals surface area contributed by atoms with Gasteiger partial charge in [-0.25, -0.2) is 0 Å². The smallest absolute Gasteiger partial charge is 0.222 e. The maximum atomic E-state index is 12.6. The molecule has 0 aromatic heterocycles. The van der Waals surface area contributed by atoms with Gasteiger partial charge in [-0.15, -0.1) is 0 Å². The van der Waals surface area contributed by atoms with Crippen LogP contribution >= 0.6 is 21.6 Å². The highest BCUT2D eigenvalue weighted by molar-refractivity contribution is 8.76. The van der Waals surface area contributed by atoms with Crippen molar-refractivity contribution in [2.75, 3.05) is 65.3 Å². The molecule has 1 aliphatic heterocycles. The highest BCUT2D eigenvalue weighted by Gasteiger charge is 2.34. The van der Waals surface area contributed by atoms with E-state index < -0.39 is 0 Å². The van der Waals surface area contributed by atoms with E-state index in [4.69, 9.17) is 18.9 Å². The van der Waals surface area contributed by atoms with Crippen LogP contribution in [0.2, 0.25) is 0 Å². The third kappa shape index (κ3) is 16.0. The minimum Gasteiger partial charge on any atom is -0.383 e. The molecule has 9 heteroatoms. The molecule has 0 aromatic rings. The van der Waals surface area contributed by atoms with Gasteiger partial charge in [0, 0.05) is 51.5 Å². The molecular weight excluding hydrogens is 486 g/mol. The SMILES string of the molecule is C=C(CC)CCOCCOCCSSCCCC(=O)CCCCC(=O)N1C[C@@H](OC)C[C@@H]1COC. The fourth-order valence-corrected chi connectivity index (χ4v) is 5.77. The normalized spacial score (nSPS) is 17.7. The summed E-state index contributed by atoms with van der Waals surface area (Å²) in [6.45, 7) is 9.95. The molecule has 0 aromatic carbocycles. The van der Waals surface area contributed by atoms with Crippen molar-refractivity contribution < 1.29 is 28.5 Å². The molecule has 0 saturated carbocycles. The number of ether oxygens (including phenoxy) is 4. The first kappa shape index (κ1) is 32.4. The zero-order valence-electron chi connectivity index (χ0n) is 22.1. The monoisotopic (exact) mass is 533 g/mol. The van der Waals surface area contributed by atoms with Gasteiger partial charge in [-0.2, -0.15) is 0 Å². The van der Waals surface area contributed by atoms with Crippen molar-refractivity contribution in [3.8, 4) is 0 Å². The van der Waals surface area contributed by atoms with Gasteiger partial charge in [0.05, 0.1) is 45.2 Å². The fraction of sp³-hybridized carbons (Fsp3) is 0.846. The third-order valence-electron chi connectivity index (χ3n) is 6.03. The molecule has 1 aliphatic rings. The van der Waals surface area contributed by atoms with Gasteiger partial charge in [-0.05, 0) is 38.5 Å². The summed E-state index contributed by atoms with van der Waals surface area (Å²) >= 11 is 0. The summed E-state index contributed by atoms with van der Waals surface area (Å²) in [5, 5.41) is 0. The van der Waals surface area contributed by atoms with E-state index in [0.29, 0.717) is 51.4 Å². The van der Waals surface area contributed by atoms with Crippen LogP contribution in [0.4, 0.5) is 0 Å². The van der Waals surface area contributed by atoms with E-state index in [1.54, 1.807) is 35.8 Å². The number of hydrogen-bond acceptors (Lipinski definition) is 8. The second kappa shape index (κ2) is 21.5. The number of ketones is 1. The summed E-state index contributed by atoms with van der Waals surface area (Å²) in [6, 6.07) is 0.0941. The summed E-state index contributed by atoms with van der Waals surface area (Å²) in [6.07, 6.45) is 6.95. The van der Waals surface area contributed by atoms with Gasteiger partial charge < -0.3 is 23.8 Å². The zero-order valence-corrected chi connectivity index (χ0v) is 23.7. The number of carbonyl (C=O) groups excluding carboxylic acids is 2.